The first-order chi connectivity index (χ1) is 15.1. The molecule has 0 aliphatic heterocycles. The molecule has 0 bridgehead atoms. The van der Waals surface area contributed by atoms with Crippen LogP contribution in [-0.2, 0) is 16.5 Å². The standard InChI is InChI=1S/C27H26Cl2P2.Ni/c28-31(29,26-18-9-3-10-19-26,27-20-11-4-12-21-27)23-13-22-30(24-14-5-1-6-15-24)25-16-7-2-8-17-25;/h1-12,14-21H,13,22-23H2;. The number of rotatable bonds is 8. The summed E-state index contributed by atoms with van der Waals surface area (Å²) in [5.41, 5.74) is 0. The zero-order valence-corrected chi connectivity index (χ0v) is 21.9. The Bertz CT molecular complexity index is 1010. The van der Waals surface area contributed by atoms with Crippen LogP contribution in [0.1, 0.15) is 6.42 Å². The van der Waals surface area contributed by atoms with E-state index in [0.717, 1.165) is 29.4 Å². The van der Waals surface area contributed by atoms with Crippen molar-refractivity contribution in [3.05, 3.63) is 121 Å². The molecular formula is C27H26Cl2NiP2. The molecule has 0 radical (unpaired) electrons. The molecule has 0 aromatic heterocycles. The molecule has 0 heterocycles. The maximum Gasteiger partial charge on any atom is 0 e. The first-order valence-corrected chi connectivity index (χ1v) is 16.3. The summed E-state index contributed by atoms with van der Waals surface area (Å²) in [5, 5.41) is 1.57. The van der Waals surface area contributed by atoms with E-state index in [1.165, 1.54) is 10.6 Å². The van der Waals surface area contributed by atoms with Crippen LogP contribution in [0, 0.1) is 0 Å². The van der Waals surface area contributed by atoms with Gasteiger partial charge in [-0.15, -0.1) is 0 Å². The van der Waals surface area contributed by atoms with Crippen LogP contribution in [-0.4, -0.2) is 12.3 Å². The Morgan fingerprint density at radius 2 is 0.875 bits per heavy atom. The average Bonchev–Trinajstić information content (AvgIpc) is 2.84. The smallest absolute Gasteiger partial charge is 0 e. The van der Waals surface area contributed by atoms with Crippen molar-refractivity contribution in [2.24, 2.45) is 0 Å². The summed E-state index contributed by atoms with van der Waals surface area (Å²) in [5.74, 6) is 0. The van der Waals surface area contributed by atoms with Crippen LogP contribution in [0.5, 0.6) is 0 Å². The largest absolute Gasteiger partial charge is 0 e. The quantitative estimate of drug-likeness (QED) is 0.166. The summed E-state index contributed by atoms with van der Waals surface area (Å²) in [6.07, 6.45) is 2.78. The zero-order valence-electron chi connectivity index (χ0n) is 17.6. The van der Waals surface area contributed by atoms with Gasteiger partial charge in [0.1, 0.15) is 0 Å². The van der Waals surface area contributed by atoms with Crippen molar-refractivity contribution in [3.63, 3.8) is 0 Å². The summed E-state index contributed by atoms with van der Waals surface area (Å²) in [6.45, 7) is 0. The molecule has 4 aromatic rings. The van der Waals surface area contributed by atoms with E-state index in [1.54, 1.807) is 0 Å². The molecule has 4 aromatic carbocycles. The second-order valence-corrected chi connectivity index (χ2v) is 18.6. The summed E-state index contributed by atoms with van der Waals surface area (Å²) in [6, 6.07) is 42.2. The van der Waals surface area contributed by atoms with E-state index >= 15 is 0 Å². The van der Waals surface area contributed by atoms with Gasteiger partial charge in [-0.2, -0.15) is 0 Å². The van der Waals surface area contributed by atoms with Gasteiger partial charge >= 0.3 is 197 Å². The molecule has 4 rings (SSSR count). The molecule has 0 aliphatic carbocycles. The molecule has 0 amide bonds. The second kappa shape index (κ2) is 11.3. The van der Waals surface area contributed by atoms with Gasteiger partial charge in [0.05, 0.1) is 0 Å². The van der Waals surface area contributed by atoms with Gasteiger partial charge in [0.15, 0.2) is 0 Å². The van der Waals surface area contributed by atoms with Crippen molar-refractivity contribution in [1.82, 2.24) is 0 Å². The maximum absolute atomic E-state index is 7.52. The summed E-state index contributed by atoms with van der Waals surface area (Å²) in [7, 11) is -0.461. The number of benzene rings is 4. The van der Waals surface area contributed by atoms with Crippen LogP contribution >= 0.6 is 35.7 Å². The normalized spacial score (nSPS) is 12.5. The third kappa shape index (κ3) is 5.65. The van der Waals surface area contributed by atoms with Gasteiger partial charge in [0, 0.05) is 16.5 Å². The Balaban J connectivity index is 0.00000289. The van der Waals surface area contributed by atoms with Gasteiger partial charge < -0.3 is 0 Å². The van der Waals surface area contributed by atoms with Crippen LogP contribution in [0.4, 0.5) is 0 Å². The van der Waals surface area contributed by atoms with Crippen LogP contribution in [0.15, 0.2) is 121 Å². The molecule has 0 saturated heterocycles. The van der Waals surface area contributed by atoms with E-state index in [9.17, 15) is 0 Å². The first kappa shape index (κ1) is 25.4. The summed E-state index contributed by atoms with van der Waals surface area (Å²) < 4.78 is 0. The number of hydrogen-bond donors (Lipinski definition) is 0. The molecule has 0 saturated carbocycles. The molecule has 0 fully saturated rings. The predicted molar refractivity (Wildman–Crippen MR) is 144 cm³/mol. The monoisotopic (exact) mass is 540 g/mol. The SMILES string of the molecule is ClP(Cl)(CCCP(c1ccccc1)c1ccccc1)(c1ccccc1)c1ccccc1.[Ni]. The third-order valence-corrected chi connectivity index (χ3v) is 15.3. The molecule has 0 spiro atoms. The average molecular weight is 542 g/mol. The van der Waals surface area contributed by atoms with Crippen molar-refractivity contribution in [1.29, 1.82) is 0 Å². The number of hydrogen-bond acceptors (Lipinski definition) is 0. The Labute approximate surface area is 212 Å². The van der Waals surface area contributed by atoms with E-state index in [4.69, 9.17) is 22.5 Å². The Morgan fingerprint density at radius 3 is 1.25 bits per heavy atom. The van der Waals surface area contributed by atoms with Gasteiger partial charge in [-0.3, -0.25) is 0 Å². The van der Waals surface area contributed by atoms with Crippen molar-refractivity contribution in [2.75, 3.05) is 12.3 Å². The first-order valence-electron chi connectivity index (χ1n) is 10.5. The van der Waals surface area contributed by atoms with E-state index in [0.29, 0.717) is 0 Å². The molecule has 0 nitrogen and oxygen atoms in total. The minimum atomic E-state index is -3.32. The minimum absolute atomic E-state index is 0. The molecule has 32 heavy (non-hydrogen) atoms. The maximum atomic E-state index is 7.52. The molecule has 0 aliphatic rings. The van der Waals surface area contributed by atoms with Crippen molar-refractivity contribution >= 4 is 56.9 Å². The van der Waals surface area contributed by atoms with Gasteiger partial charge in [-0.1, -0.05) is 0 Å². The van der Waals surface area contributed by atoms with Crippen molar-refractivity contribution in [3.8, 4) is 0 Å². The Morgan fingerprint density at radius 1 is 0.531 bits per heavy atom. The third-order valence-electron chi connectivity index (χ3n) is 5.59. The second-order valence-electron chi connectivity index (χ2n) is 7.64. The van der Waals surface area contributed by atoms with Crippen LogP contribution in [0.25, 0.3) is 0 Å². The molecule has 0 N–H and O–H groups in total. The van der Waals surface area contributed by atoms with Gasteiger partial charge in [-0.05, 0) is 0 Å². The van der Waals surface area contributed by atoms with Crippen molar-refractivity contribution < 1.29 is 16.5 Å². The van der Waals surface area contributed by atoms with E-state index < -0.39 is 13.2 Å². The van der Waals surface area contributed by atoms with Gasteiger partial charge in [0.25, 0.3) is 0 Å². The fraction of sp³-hybridized carbons (Fsp3) is 0.111. The van der Waals surface area contributed by atoms with E-state index in [2.05, 4.69) is 84.9 Å². The number of halogens is 2. The van der Waals surface area contributed by atoms with Crippen LogP contribution in [0.2, 0.25) is 0 Å². The molecular weight excluding hydrogens is 516 g/mol. The van der Waals surface area contributed by atoms with E-state index in [-0.39, 0.29) is 16.5 Å². The Hall–Kier alpha value is -1.19. The molecule has 5 heteroatoms. The molecule has 168 valence electrons. The van der Waals surface area contributed by atoms with Crippen molar-refractivity contribution in [2.45, 2.75) is 6.42 Å². The topological polar surface area (TPSA) is 0 Å². The Kier molecular flexibility index (Phi) is 8.98. The zero-order chi connectivity index (χ0) is 21.6. The van der Waals surface area contributed by atoms with E-state index in [1.807, 2.05) is 36.4 Å². The fourth-order valence-corrected chi connectivity index (χ4v) is 11.7. The fourth-order valence-electron chi connectivity index (χ4n) is 3.98. The summed E-state index contributed by atoms with van der Waals surface area (Å²) in [4.78, 5) is 0. The van der Waals surface area contributed by atoms with Gasteiger partial charge in [0.2, 0.25) is 0 Å². The van der Waals surface area contributed by atoms with Crippen LogP contribution < -0.4 is 21.2 Å². The molecule has 0 unspecified atom stereocenters. The predicted octanol–water partition coefficient (Wildman–Crippen LogP) is 7.02. The minimum Gasteiger partial charge on any atom is 0 e. The summed E-state index contributed by atoms with van der Waals surface area (Å²) >= 11 is 15.0. The van der Waals surface area contributed by atoms with Crippen LogP contribution in [0.3, 0.4) is 0 Å². The van der Waals surface area contributed by atoms with Gasteiger partial charge in [-0.25, -0.2) is 0 Å². The molecule has 0 atom stereocenters.